The van der Waals surface area contributed by atoms with Gasteiger partial charge in [-0.15, -0.1) is 0 Å². The molecule has 0 spiro atoms. The van der Waals surface area contributed by atoms with Gasteiger partial charge in [-0.05, 0) is 39.7 Å². The lowest BCUT2D eigenvalue weighted by atomic mass is 10.0. The van der Waals surface area contributed by atoms with Crippen LogP contribution in [-0.4, -0.2) is 9.97 Å². The zero-order chi connectivity index (χ0) is 14.3. The molecule has 0 bridgehead atoms. The van der Waals surface area contributed by atoms with E-state index < -0.39 is 11.6 Å². The molecular formula is C14H10BrF2N3. The van der Waals surface area contributed by atoms with Gasteiger partial charge in [0.05, 0.1) is 5.69 Å². The highest BCUT2D eigenvalue weighted by Gasteiger charge is 2.15. The van der Waals surface area contributed by atoms with E-state index in [1.807, 2.05) is 6.07 Å². The summed E-state index contributed by atoms with van der Waals surface area (Å²) in [6.07, 6.45) is 3.47. The Balaban J connectivity index is 2.10. The Kier molecular flexibility index (Phi) is 3.17. The molecule has 0 unspecified atom stereocenters. The van der Waals surface area contributed by atoms with E-state index in [1.165, 1.54) is 12.1 Å². The number of benzene rings is 1. The number of nitrogen functional groups attached to an aromatic ring is 1. The standard InChI is InChI=1S/C14H10BrF2N3/c15-8-4-9-7(5-19-14(9)20-6-8)3-10-11(16)1-2-12(18)13(10)17/h1-2,4-6H,3,18H2,(H,19,20). The Bertz CT molecular complexity index is 798. The highest BCUT2D eigenvalue weighted by molar-refractivity contribution is 9.10. The molecular weight excluding hydrogens is 328 g/mol. The summed E-state index contributed by atoms with van der Waals surface area (Å²) >= 11 is 3.33. The van der Waals surface area contributed by atoms with Crippen LogP contribution in [0.1, 0.15) is 11.1 Å². The van der Waals surface area contributed by atoms with Crippen LogP contribution < -0.4 is 5.73 Å². The first-order valence-corrected chi connectivity index (χ1v) is 6.69. The molecule has 3 aromatic rings. The molecule has 0 fully saturated rings. The Hall–Kier alpha value is -1.95. The number of anilines is 1. The Morgan fingerprint density at radius 3 is 2.90 bits per heavy atom. The minimum Gasteiger partial charge on any atom is -0.396 e. The lowest BCUT2D eigenvalue weighted by Crippen LogP contribution is -2.01. The maximum absolute atomic E-state index is 13.9. The summed E-state index contributed by atoms with van der Waals surface area (Å²) < 4.78 is 28.5. The number of rotatable bonds is 2. The second-order valence-corrected chi connectivity index (χ2v) is 5.39. The number of pyridine rings is 1. The Morgan fingerprint density at radius 2 is 2.10 bits per heavy atom. The summed E-state index contributed by atoms with van der Waals surface area (Å²) in [5.74, 6) is -1.31. The van der Waals surface area contributed by atoms with Gasteiger partial charge in [0, 0.05) is 34.2 Å². The van der Waals surface area contributed by atoms with Crippen LogP contribution in [0.25, 0.3) is 11.0 Å². The summed E-state index contributed by atoms with van der Waals surface area (Å²) in [5, 5.41) is 0.820. The van der Waals surface area contributed by atoms with Crippen LogP contribution in [0.5, 0.6) is 0 Å². The van der Waals surface area contributed by atoms with E-state index in [1.54, 1.807) is 12.4 Å². The quantitative estimate of drug-likeness (QED) is 0.699. The fourth-order valence-corrected chi connectivity index (χ4v) is 2.48. The number of aromatic nitrogens is 2. The summed E-state index contributed by atoms with van der Waals surface area (Å²) in [4.78, 5) is 7.17. The SMILES string of the molecule is Nc1ccc(F)c(Cc2c[nH]c3ncc(Br)cc23)c1F. The van der Waals surface area contributed by atoms with Crippen molar-refractivity contribution in [3.8, 4) is 0 Å². The van der Waals surface area contributed by atoms with Gasteiger partial charge in [0.25, 0.3) is 0 Å². The predicted octanol–water partition coefficient (Wildman–Crippen LogP) is 3.78. The Labute approximate surface area is 122 Å². The Morgan fingerprint density at radius 1 is 1.30 bits per heavy atom. The maximum atomic E-state index is 13.9. The molecule has 102 valence electrons. The highest BCUT2D eigenvalue weighted by atomic mass is 79.9. The minimum absolute atomic E-state index is 0.0362. The average molecular weight is 338 g/mol. The van der Waals surface area contributed by atoms with Crippen molar-refractivity contribution in [1.82, 2.24) is 9.97 Å². The molecule has 3 nitrogen and oxygen atoms in total. The first-order chi connectivity index (χ1) is 9.56. The molecule has 1 aromatic carbocycles. The van der Waals surface area contributed by atoms with Gasteiger partial charge in [-0.3, -0.25) is 0 Å². The molecule has 0 atom stereocenters. The molecule has 0 radical (unpaired) electrons. The van der Waals surface area contributed by atoms with Crippen LogP contribution >= 0.6 is 15.9 Å². The van der Waals surface area contributed by atoms with E-state index in [-0.39, 0.29) is 17.7 Å². The largest absolute Gasteiger partial charge is 0.396 e. The van der Waals surface area contributed by atoms with Gasteiger partial charge in [0.2, 0.25) is 0 Å². The van der Waals surface area contributed by atoms with Crippen molar-refractivity contribution in [1.29, 1.82) is 0 Å². The summed E-state index contributed by atoms with van der Waals surface area (Å²) in [6.45, 7) is 0. The van der Waals surface area contributed by atoms with Gasteiger partial charge >= 0.3 is 0 Å². The number of nitrogens with two attached hydrogens (primary N) is 1. The van der Waals surface area contributed by atoms with Gasteiger partial charge in [0.15, 0.2) is 5.82 Å². The van der Waals surface area contributed by atoms with Crippen molar-refractivity contribution in [3.05, 3.63) is 57.8 Å². The van der Waals surface area contributed by atoms with Crippen LogP contribution in [0.3, 0.4) is 0 Å². The third kappa shape index (κ3) is 2.16. The number of fused-ring (bicyclic) bond motifs is 1. The van der Waals surface area contributed by atoms with E-state index in [4.69, 9.17) is 5.73 Å². The number of nitrogens with one attached hydrogen (secondary N) is 1. The molecule has 0 saturated heterocycles. The third-order valence-corrected chi connectivity index (χ3v) is 3.60. The topological polar surface area (TPSA) is 54.7 Å². The van der Waals surface area contributed by atoms with Gasteiger partial charge in [0.1, 0.15) is 11.5 Å². The first kappa shape index (κ1) is 13.1. The van der Waals surface area contributed by atoms with Crippen LogP contribution in [0.4, 0.5) is 14.5 Å². The maximum Gasteiger partial charge on any atom is 0.152 e. The lowest BCUT2D eigenvalue weighted by molar-refractivity contribution is 0.564. The summed E-state index contributed by atoms with van der Waals surface area (Å²) in [6, 6.07) is 4.26. The molecule has 0 aliphatic heterocycles. The molecule has 2 aromatic heterocycles. The number of H-pyrrole nitrogens is 1. The highest BCUT2D eigenvalue weighted by Crippen LogP contribution is 2.26. The van der Waals surface area contributed by atoms with Crippen molar-refractivity contribution in [2.45, 2.75) is 6.42 Å². The number of hydrogen-bond acceptors (Lipinski definition) is 2. The van der Waals surface area contributed by atoms with E-state index in [2.05, 4.69) is 25.9 Å². The molecule has 2 heterocycles. The molecule has 0 aliphatic rings. The smallest absolute Gasteiger partial charge is 0.152 e. The van der Waals surface area contributed by atoms with E-state index in [9.17, 15) is 8.78 Å². The molecule has 3 N–H and O–H groups in total. The van der Waals surface area contributed by atoms with Crippen LogP contribution in [0.2, 0.25) is 0 Å². The van der Waals surface area contributed by atoms with Crippen molar-refractivity contribution in [2.75, 3.05) is 5.73 Å². The fraction of sp³-hybridized carbons (Fsp3) is 0.0714. The minimum atomic E-state index is -0.706. The molecule has 0 aliphatic carbocycles. The van der Waals surface area contributed by atoms with Crippen LogP contribution in [0, 0.1) is 11.6 Å². The molecule has 20 heavy (non-hydrogen) atoms. The normalized spacial score (nSPS) is 11.2. The van der Waals surface area contributed by atoms with E-state index >= 15 is 0 Å². The average Bonchev–Trinajstić information content (AvgIpc) is 2.81. The van der Waals surface area contributed by atoms with Crippen LogP contribution in [0.15, 0.2) is 35.1 Å². The second-order valence-electron chi connectivity index (χ2n) is 4.47. The predicted molar refractivity (Wildman–Crippen MR) is 77.4 cm³/mol. The van der Waals surface area contributed by atoms with Gasteiger partial charge in [-0.25, -0.2) is 13.8 Å². The molecule has 0 amide bonds. The third-order valence-electron chi connectivity index (χ3n) is 3.17. The van der Waals surface area contributed by atoms with Crippen LogP contribution in [-0.2, 0) is 6.42 Å². The second kappa shape index (κ2) is 4.86. The monoisotopic (exact) mass is 337 g/mol. The molecule has 0 saturated carbocycles. The number of halogens is 3. The van der Waals surface area contributed by atoms with Gasteiger partial charge < -0.3 is 10.7 Å². The van der Waals surface area contributed by atoms with E-state index in [0.29, 0.717) is 5.65 Å². The number of nitrogens with zero attached hydrogens (tertiary/aromatic N) is 1. The fourth-order valence-electron chi connectivity index (χ4n) is 2.15. The van der Waals surface area contributed by atoms with Gasteiger partial charge in [-0.2, -0.15) is 0 Å². The zero-order valence-electron chi connectivity index (χ0n) is 10.3. The number of aromatic amines is 1. The van der Waals surface area contributed by atoms with Crippen molar-refractivity contribution in [3.63, 3.8) is 0 Å². The zero-order valence-corrected chi connectivity index (χ0v) is 11.8. The molecule has 3 rings (SSSR count). The summed E-state index contributed by atoms with van der Waals surface area (Å²) in [7, 11) is 0. The van der Waals surface area contributed by atoms with Gasteiger partial charge in [-0.1, -0.05) is 0 Å². The lowest BCUT2D eigenvalue weighted by Gasteiger charge is -2.06. The summed E-state index contributed by atoms with van der Waals surface area (Å²) in [5.41, 5.74) is 6.83. The van der Waals surface area contributed by atoms with E-state index in [0.717, 1.165) is 15.4 Å². The van der Waals surface area contributed by atoms with Crippen molar-refractivity contribution < 1.29 is 8.78 Å². The number of hydrogen-bond donors (Lipinski definition) is 2. The molecule has 6 heteroatoms. The van der Waals surface area contributed by atoms with Crippen molar-refractivity contribution >= 4 is 32.7 Å². The van der Waals surface area contributed by atoms with Crippen molar-refractivity contribution in [2.24, 2.45) is 0 Å². The first-order valence-electron chi connectivity index (χ1n) is 5.90.